The number of hydrogen-bond acceptors (Lipinski definition) is 4. The minimum Gasteiger partial charge on any atom is -0.379 e. The molecule has 102 valence electrons. The van der Waals surface area contributed by atoms with Crippen molar-refractivity contribution in [2.45, 2.75) is 4.90 Å². The molecule has 0 amide bonds. The van der Waals surface area contributed by atoms with Gasteiger partial charge in [-0.3, -0.25) is 0 Å². The minimum atomic E-state index is -4.29. The maximum atomic E-state index is 13.0. The number of rotatable bonds is 3. The summed E-state index contributed by atoms with van der Waals surface area (Å²) < 4.78 is 54.3. The molecule has 0 spiro atoms. The van der Waals surface area contributed by atoms with Gasteiger partial charge in [0.2, 0.25) is 0 Å². The molecule has 2 aromatic carbocycles. The molecular formula is C13H7F2NO3S. The monoisotopic (exact) mass is 295 g/mol. The maximum Gasteiger partial charge on any atom is 0.339 e. The molecule has 0 atom stereocenters. The Morgan fingerprint density at radius 2 is 1.80 bits per heavy atom. The molecule has 20 heavy (non-hydrogen) atoms. The Bertz CT molecular complexity index is 798. The van der Waals surface area contributed by atoms with Gasteiger partial charge in [0.15, 0.2) is 11.6 Å². The van der Waals surface area contributed by atoms with Crippen LogP contribution in [0.4, 0.5) is 8.78 Å². The van der Waals surface area contributed by atoms with Crippen LogP contribution < -0.4 is 4.18 Å². The fourth-order valence-corrected chi connectivity index (χ4v) is 2.36. The van der Waals surface area contributed by atoms with Crippen molar-refractivity contribution in [3.05, 3.63) is 59.7 Å². The molecule has 0 saturated heterocycles. The van der Waals surface area contributed by atoms with E-state index in [-0.39, 0.29) is 11.3 Å². The van der Waals surface area contributed by atoms with Gasteiger partial charge in [0.1, 0.15) is 10.6 Å². The summed E-state index contributed by atoms with van der Waals surface area (Å²) in [5, 5.41) is 8.70. The van der Waals surface area contributed by atoms with Gasteiger partial charge in [-0.15, -0.1) is 0 Å². The Labute approximate surface area is 114 Å². The molecule has 0 fully saturated rings. The van der Waals surface area contributed by atoms with E-state index in [1.165, 1.54) is 24.3 Å². The number of benzene rings is 2. The fourth-order valence-electron chi connectivity index (χ4n) is 1.42. The standard InChI is InChI=1S/C13H7F2NO3S/c14-12-5-4-11(7-13(12)15)20(17,18)19-10-3-1-2-9(6-10)8-16/h1-7H. The van der Waals surface area contributed by atoms with Gasteiger partial charge in [-0.1, -0.05) is 6.07 Å². The first-order valence-corrected chi connectivity index (χ1v) is 6.73. The first kappa shape index (κ1) is 14.0. The average molecular weight is 295 g/mol. The van der Waals surface area contributed by atoms with Crippen LogP contribution in [0.2, 0.25) is 0 Å². The van der Waals surface area contributed by atoms with Gasteiger partial charge >= 0.3 is 10.1 Å². The summed E-state index contributed by atoms with van der Waals surface area (Å²) in [4.78, 5) is -0.515. The second kappa shape index (κ2) is 5.27. The molecule has 7 heteroatoms. The van der Waals surface area contributed by atoms with Crippen LogP contribution in [0.5, 0.6) is 5.75 Å². The van der Waals surface area contributed by atoms with E-state index in [0.29, 0.717) is 12.1 Å². The zero-order valence-corrected chi connectivity index (χ0v) is 10.7. The first-order valence-electron chi connectivity index (χ1n) is 5.32. The highest BCUT2D eigenvalue weighted by Crippen LogP contribution is 2.21. The van der Waals surface area contributed by atoms with Crippen LogP contribution in [0, 0.1) is 23.0 Å². The lowest BCUT2D eigenvalue weighted by molar-refractivity contribution is 0.479. The molecule has 2 rings (SSSR count). The van der Waals surface area contributed by atoms with Crippen molar-refractivity contribution >= 4 is 10.1 Å². The van der Waals surface area contributed by atoms with Gasteiger partial charge in [0.05, 0.1) is 11.6 Å². The molecular weight excluding hydrogens is 288 g/mol. The summed E-state index contributed by atoms with van der Waals surface area (Å²) in [6, 6.07) is 9.39. The molecule has 2 aromatic rings. The van der Waals surface area contributed by atoms with Crippen molar-refractivity contribution in [1.82, 2.24) is 0 Å². The van der Waals surface area contributed by atoms with Crippen molar-refractivity contribution in [3.63, 3.8) is 0 Å². The molecule has 0 aromatic heterocycles. The van der Waals surface area contributed by atoms with Gasteiger partial charge in [0.25, 0.3) is 0 Å². The predicted molar refractivity (Wildman–Crippen MR) is 65.3 cm³/mol. The van der Waals surface area contributed by atoms with Crippen molar-refractivity contribution in [2.75, 3.05) is 0 Å². The molecule has 0 aliphatic rings. The van der Waals surface area contributed by atoms with E-state index in [0.717, 1.165) is 6.07 Å². The van der Waals surface area contributed by atoms with Gasteiger partial charge < -0.3 is 4.18 Å². The fraction of sp³-hybridized carbons (Fsp3) is 0. The van der Waals surface area contributed by atoms with E-state index in [1.54, 1.807) is 0 Å². The quantitative estimate of drug-likeness (QED) is 0.816. The minimum absolute atomic E-state index is 0.0891. The summed E-state index contributed by atoms with van der Waals surface area (Å²) in [5.41, 5.74) is 0.211. The van der Waals surface area contributed by atoms with Crippen LogP contribution in [0.15, 0.2) is 47.4 Å². The first-order chi connectivity index (χ1) is 9.42. The van der Waals surface area contributed by atoms with E-state index in [2.05, 4.69) is 0 Å². The van der Waals surface area contributed by atoms with Gasteiger partial charge in [-0.2, -0.15) is 13.7 Å². The van der Waals surface area contributed by atoms with E-state index in [1.807, 2.05) is 6.07 Å². The highest BCUT2D eigenvalue weighted by molar-refractivity contribution is 7.87. The lowest BCUT2D eigenvalue weighted by Crippen LogP contribution is -2.10. The highest BCUT2D eigenvalue weighted by Gasteiger charge is 2.19. The smallest absolute Gasteiger partial charge is 0.339 e. The molecule has 0 aliphatic carbocycles. The Morgan fingerprint density at radius 1 is 1.05 bits per heavy atom. The maximum absolute atomic E-state index is 13.0. The van der Waals surface area contributed by atoms with E-state index in [9.17, 15) is 17.2 Å². The summed E-state index contributed by atoms with van der Waals surface area (Å²) in [5.74, 6) is -2.54. The van der Waals surface area contributed by atoms with Crippen molar-refractivity contribution in [3.8, 4) is 11.8 Å². The Balaban J connectivity index is 2.35. The molecule has 0 unspecified atom stereocenters. The summed E-state index contributed by atoms with van der Waals surface area (Å²) in [6.07, 6.45) is 0. The third-order valence-corrected chi connectivity index (χ3v) is 3.59. The van der Waals surface area contributed by atoms with Gasteiger partial charge in [-0.05, 0) is 36.4 Å². The van der Waals surface area contributed by atoms with Crippen molar-refractivity contribution in [1.29, 1.82) is 5.26 Å². The lowest BCUT2D eigenvalue weighted by Gasteiger charge is -2.07. The Morgan fingerprint density at radius 3 is 2.45 bits per heavy atom. The summed E-state index contributed by atoms with van der Waals surface area (Å²) >= 11 is 0. The SMILES string of the molecule is N#Cc1cccc(OS(=O)(=O)c2ccc(F)c(F)c2)c1. The van der Waals surface area contributed by atoms with Crippen LogP contribution in [0.1, 0.15) is 5.56 Å². The van der Waals surface area contributed by atoms with E-state index < -0.39 is 26.6 Å². The summed E-state index contributed by atoms with van der Waals surface area (Å²) in [6.45, 7) is 0. The second-order valence-electron chi connectivity index (χ2n) is 3.75. The normalized spacial score (nSPS) is 10.8. The van der Waals surface area contributed by atoms with Crippen LogP contribution in [0.3, 0.4) is 0 Å². The van der Waals surface area contributed by atoms with Gasteiger partial charge in [-0.25, -0.2) is 8.78 Å². The topological polar surface area (TPSA) is 67.2 Å². The number of nitrogens with zero attached hydrogens (tertiary/aromatic N) is 1. The zero-order valence-electron chi connectivity index (χ0n) is 9.88. The largest absolute Gasteiger partial charge is 0.379 e. The van der Waals surface area contributed by atoms with E-state index in [4.69, 9.17) is 9.44 Å². The second-order valence-corrected chi connectivity index (χ2v) is 5.30. The molecule has 4 nitrogen and oxygen atoms in total. The van der Waals surface area contributed by atoms with Crippen molar-refractivity contribution < 1.29 is 21.4 Å². The lowest BCUT2D eigenvalue weighted by atomic mass is 10.2. The van der Waals surface area contributed by atoms with Crippen molar-refractivity contribution in [2.24, 2.45) is 0 Å². The number of hydrogen-bond donors (Lipinski definition) is 0. The summed E-state index contributed by atoms with van der Waals surface area (Å²) in [7, 11) is -4.29. The van der Waals surface area contributed by atoms with Crippen LogP contribution in [-0.4, -0.2) is 8.42 Å². The van der Waals surface area contributed by atoms with Crippen LogP contribution in [0.25, 0.3) is 0 Å². The van der Waals surface area contributed by atoms with Crippen LogP contribution >= 0.6 is 0 Å². The highest BCUT2D eigenvalue weighted by atomic mass is 32.2. The third kappa shape index (κ3) is 2.92. The number of halogens is 2. The molecule has 0 heterocycles. The Hall–Kier alpha value is -2.46. The van der Waals surface area contributed by atoms with E-state index >= 15 is 0 Å². The Kier molecular flexibility index (Phi) is 3.68. The predicted octanol–water partition coefficient (Wildman–Crippen LogP) is 2.60. The third-order valence-electron chi connectivity index (χ3n) is 2.35. The molecule has 0 radical (unpaired) electrons. The van der Waals surface area contributed by atoms with Crippen LogP contribution in [-0.2, 0) is 10.1 Å². The molecule has 0 saturated carbocycles. The molecule has 0 N–H and O–H groups in total. The average Bonchev–Trinajstić information content (AvgIpc) is 2.41. The molecule has 0 aliphatic heterocycles. The zero-order chi connectivity index (χ0) is 14.8. The molecule has 0 bridgehead atoms. The van der Waals surface area contributed by atoms with Gasteiger partial charge in [0, 0.05) is 0 Å². The number of nitriles is 1.